The van der Waals surface area contributed by atoms with E-state index in [0.29, 0.717) is 24.9 Å². The number of nitrogens with zero attached hydrogens (tertiary/aromatic N) is 1. The van der Waals surface area contributed by atoms with Crippen LogP contribution < -0.4 is 5.32 Å². The molecule has 1 unspecified atom stereocenters. The van der Waals surface area contributed by atoms with Crippen LogP contribution in [0.25, 0.3) is 0 Å². The van der Waals surface area contributed by atoms with Crippen LogP contribution in [0.1, 0.15) is 34.1 Å². The quantitative estimate of drug-likeness (QED) is 0.682. The molecule has 0 aromatic carbocycles. The Kier molecular flexibility index (Phi) is 7.34. The number of carbonyl (C=O) groups is 1. The maximum atomic E-state index is 11.7. The van der Waals surface area contributed by atoms with E-state index in [4.69, 9.17) is 5.11 Å². The first-order valence-corrected chi connectivity index (χ1v) is 5.99. The van der Waals surface area contributed by atoms with Gasteiger partial charge in [0.15, 0.2) is 0 Å². The number of nitrogens with one attached hydrogen (secondary N) is 1. The lowest BCUT2D eigenvalue weighted by Crippen LogP contribution is -2.45. The van der Waals surface area contributed by atoms with Gasteiger partial charge in [0.05, 0.1) is 6.54 Å². The van der Waals surface area contributed by atoms with Crippen molar-refractivity contribution in [3.05, 3.63) is 0 Å². The summed E-state index contributed by atoms with van der Waals surface area (Å²) in [6.45, 7) is 8.73. The zero-order valence-electron chi connectivity index (χ0n) is 11.2. The topological polar surface area (TPSA) is 52.6 Å². The summed E-state index contributed by atoms with van der Waals surface area (Å²) in [6.07, 6.45) is 0.620. The molecule has 0 radical (unpaired) electrons. The summed E-state index contributed by atoms with van der Waals surface area (Å²) in [4.78, 5) is 13.7. The standard InChI is InChI=1S/C12H26N2O2/c1-9(2)11(6-7-15)13-12(16)8-14(5)10(3)4/h9-11,15H,6-8H2,1-5H3,(H,13,16). The second-order valence-electron chi connectivity index (χ2n) is 4.94. The molecule has 16 heavy (non-hydrogen) atoms. The van der Waals surface area contributed by atoms with Crippen LogP contribution in [-0.4, -0.2) is 48.2 Å². The molecule has 0 fully saturated rings. The zero-order valence-corrected chi connectivity index (χ0v) is 11.2. The Morgan fingerprint density at radius 3 is 2.25 bits per heavy atom. The minimum Gasteiger partial charge on any atom is -0.396 e. The fraction of sp³-hybridized carbons (Fsp3) is 0.917. The van der Waals surface area contributed by atoms with Crippen molar-refractivity contribution in [2.45, 2.75) is 46.2 Å². The van der Waals surface area contributed by atoms with Gasteiger partial charge in [-0.3, -0.25) is 9.69 Å². The van der Waals surface area contributed by atoms with Gasteiger partial charge in [0.2, 0.25) is 5.91 Å². The lowest BCUT2D eigenvalue weighted by molar-refractivity contribution is -0.123. The number of hydrogen-bond acceptors (Lipinski definition) is 3. The number of hydrogen-bond donors (Lipinski definition) is 2. The second-order valence-corrected chi connectivity index (χ2v) is 4.94. The maximum absolute atomic E-state index is 11.7. The molecule has 1 amide bonds. The first-order chi connectivity index (χ1) is 7.38. The van der Waals surface area contributed by atoms with E-state index in [0.717, 1.165) is 0 Å². The summed E-state index contributed by atoms with van der Waals surface area (Å²) in [7, 11) is 1.93. The first-order valence-electron chi connectivity index (χ1n) is 5.99. The van der Waals surface area contributed by atoms with E-state index in [9.17, 15) is 4.79 Å². The predicted octanol–water partition coefficient (Wildman–Crippen LogP) is 0.850. The molecule has 0 aromatic heterocycles. The Labute approximate surface area is 99.0 Å². The average Bonchev–Trinajstić information content (AvgIpc) is 2.16. The van der Waals surface area contributed by atoms with Gasteiger partial charge < -0.3 is 10.4 Å². The van der Waals surface area contributed by atoms with Crippen LogP contribution in [0, 0.1) is 5.92 Å². The van der Waals surface area contributed by atoms with Crippen molar-refractivity contribution in [3.8, 4) is 0 Å². The highest BCUT2D eigenvalue weighted by Gasteiger charge is 2.17. The summed E-state index contributed by atoms with van der Waals surface area (Å²) in [6, 6.07) is 0.430. The van der Waals surface area contributed by atoms with Crippen molar-refractivity contribution in [3.63, 3.8) is 0 Å². The summed E-state index contributed by atoms with van der Waals surface area (Å²) in [5.41, 5.74) is 0. The van der Waals surface area contributed by atoms with Crippen molar-refractivity contribution in [1.29, 1.82) is 0 Å². The Morgan fingerprint density at radius 2 is 1.88 bits per heavy atom. The van der Waals surface area contributed by atoms with Gasteiger partial charge in [0, 0.05) is 18.7 Å². The van der Waals surface area contributed by atoms with E-state index >= 15 is 0 Å². The monoisotopic (exact) mass is 230 g/mol. The van der Waals surface area contributed by atoms with Gasteiger partial charge in [-0.15, -0.1) is 0 Å². The van der Waals surface area contributed by atoms with Gasteiger partial charge in [-0.25, -0.2) is 0 Å². The first kappa shape index (κ1) is 15.4. The Balaban J connectivity index is 4.09. The van der Waals surface area contributed by atoms with E-state index < -0.39 is 0 Å². The molecule has 96 valence electrons. The number of amides is 1. The van der Waals surface area contributed by atoms with Gasteiger partial charge in [0.25, 0.3) is 0 Å². The molecule has 0 aliphatic carbocycles. The normalized spacial score (nSPS) is 13.6. The largest absolute Gasteiger partial charge is 0.396 e. The van der Waals surface area contributed by atoms with Crippen LogP contribution in [0.2, 0.25) is 0 Å². The third kappa shape index (κ3) is 6.08. The fourth-order valence-corrected chi connectivity index (χ4v) is 1.37. The maximum Gasteiger partial charge on any atom is 0.234 e. The molecule has 4 heteroatoms. The molecular formula is C12H26N2O2. The lowest BCUT2D eigenvalue weighted by atomic mass is 10.0. The Morgan fingerprint density at radius 1 is 1.31 bits per heavy atom. The summed E-state index contributed by atoms with van der Waals surface area (Å²) in [5.74, 6) is 0.379. The number of aliphatic hydroxyl groups excluding tert-OH is 1. The molecule has 0 aliphatic rings. The van der Waals surface area contributed by atoms with E-state index in [2.05, 4.69) is 19.2 Å². The van der Waals surface area contributed by atoms with E-state index in [1.54, 1.807) is 0 Å². The molecule has 4 nitrogen and oxygen atoms in total. The number of aliphatic hydroxyl groups is 1. The van der Waals surface area contributed by atoms with Gasteiger partial charge in [-0.2, -0.15) is 0 Å². The average molecular weight is 230 g/mol. The molecular weight excluding hydrogens is 204 g/mol. The molecule has 0 bridgehead atoms. The molecule has 2 N–H and O–H groups in total. The molecule has 0 saturated heterocycles. The highest BCUT2D eigenvalue weighted by molar-refractivity contribution is 5.78. The molecule has 0 heterocycles. The Bertz CT molecular complexity index is 205. The highest BCUT2D eigenvalue weighted by atomic mass is 16.3. The van der Waals surface area contributed by atoms with Crippen LogP contribution in [0.3, 0.4) is 0 Å². The van der Waals surface area contributed by atoms with Gasteiger partial charge in [0.1, 0.15) is 0 Å². The van der Waals surface area contributed by atoms with Crippen LogP contribution >= 0.6 is 0 Å². The minimum atomic E-state index is 0.0309. The van der Waals surface area contributed by atoms with Gasteiger partial charge in [-0.05, 0) is 33.2 Å². The van der Waals surface area contributed by atoms with E-state index in [1.807, 2.05) is 25.8 Å². The van der Waals surface area contributed by atoms with Gasteiger partial charge in [-0.1, -0.05) is 13.8 Å². The van der Waals surface area contributed by atoms with Crippen molar-refractivity contribution < 1.29 is 9.90 Å². The van der Waals surface area contributed by atoms with Crippen LogP contribution in [0.5, 0.6) is 0 Å². The van der Waals surface area contributed by atoms with Gasteiger partial charge >= 0.3 is 0 Å². The molecule has 0 rings (SSSR count). The molecule has 0 aromatic rings. The molecule has 1 atom stereocenters. The summed E-state index contributed by atoms with van der Waals surface area (Å²) in [5, 5.41) is 11.9. The third-order valence-corrected chi connectivity index (χ3v) is 2.87. The number of rotatable bonds is 7. The summed E-state index contributed by atoms with van der Waals surface area (Å²) < 4.78 is 0. The fourth-order valence-electron chi connectivity index (χ4n) is 1.37. The zero-order chi connectivity index (χ0) is 12.7. The smallest absolute Gasteiger partial charge is 0.234 e. The van der Waals surface area contributed by atoms with E-state index in [-0.39, 0.29) is 18.6 Å². The Hall–Kier alpha value is -0.610. The molecule has 0 saturated carbocycles. The third-order valence-electron chi connectivity index (χ3n) is 2.87. The van der Waals surface area contributed by atoms with Crippen molar-refractivity contribution >= 4 is 5.91 Å². The molecule has 0 spiro atoms. The lowest BCUT2D eigenvalue weighted by Gasteiger charge is -2.25. The van der Waals surface area contributed by atoms with Crippen LogP contribution in [-0.2, 0) is 4.79 Å². The van der Waals surface area contributed by atoms with Crippen LogP contribution in [0.4, 0.5) is 0 Å². The van der Waals surface area contributed by atoms with Crippen molar-refractivity contribution in [2.75, 3.05) is 20.2 Å². The van der Waals surface area contributed by atoms with Crippen molar-refractivity contribution in [2.24, 2.45) is 5.92 Å². The number of carbonyl (C=O) groups excluding carboxylic acids is 1. The SMILES string of the molecule is CC(C)C(CCO)NC(=O)CN(C)C(C)C. The predicted molar refractivity (Wildman–Crippen MR) is 66.2 cm³/mol. The minimum absolute atomic E-state index is 0.0309. The second kappa shape index (κ2) is 7.63. The number of likely N-dealkylation sites (N-methyl/N-ethyl adjacent to an activating group) is 1. The summed E-state index contributed by atoms with van der Waals surface area (Å²) >= 11 is 0. The van der Waals surface area contributed by atoms with Crippen LogP contribution in [0.15, 0.2) is 0 Å². The van der Waals surface area contributed by atoms with Crippen molar-refractivity contribution in [1.82, 2.24) is 10.2 Å². The van der Waals surface area contributed by atoms with E-state index in [1.165, 1.54) is 0 Å². The molecule has 0 aliphatic heterocycles. The highest BCUT2D eigenvalue weighted by Crippen LogP contribution is 2.05.